The van der Waals surface area contributed by atoms with E-state index in [1.165, 1.54) is 13.2 Å². The minimum Gasteiger partial charge on any atom is -0.493 e. The Morgan fingerprint density at radius 1 is 1.03 bits per heavy atom. The van der Waals surface area contributed by atoms with Crippen molar-refractivity contribution in [1.29, 1.82) is 0 Å². The van der Waals surface area contributed by atoms with E-state index in [-0.39, 0.29) is 23.8 Å². The van der Waals surface area contributed by atoms with Gasteiger partial charge in [-0.2, -0.15) is 13.2 Å². The number of nitrogens with zero attached hydrogens (tertiary/aromatic N) is 2. The van der Waals surface area contributed by atoms with Gasteiger partial charge in [-0.3, -0.25) is 9.89 Å². The van der Waals surface area contributed by atoms with Gasteiger partial charge in [0.1, 0.15) is 17.6 Å². The number of amidine groups is 1. The zero-order valence-corrected chi connectivity index (χ0v) is 21.8. The molecule has 1 aliphatic heterocycles. The maximum absolute atomic E-state index is 13.3. The molecule has 0 saturated heterocycles. The molecule has 3 aromatic carbocycles. The molecule has 1 aliphatic rings. The van der Waals surface area contributed by atoms with Crippen LogP contribution in [0.2, 0.25) is 10.0 Å². The first-order chi connectivity index (χ1) is 18.0. The average Bonchev–Trinajstić information content (AvgIpc) is 3.26. The summed E-state index contributed by atoms with van der Waals surface area (Å²) in [4.78, 5) is 22.0. The average molecular weight is 570 g/mol. The molecule has 202 valence electrons. The quantitative estimate of drug-likeness (QED) is 0.318. The number of amides is 1. The van der Waals surface area contributed by atoms with Gasteiger partial charge in [-0.15, -0.1) is 0 Å². The number of rotatable bonds is 5. The smallest absolute Gasteiger partial charge is 0.416 e. The monoisotopic (exact) mass is 569 g/mol. The number of hydrogen-bond acceptors (Lipinski definition) is 5. The molecule has 2 atom stereocenters. The summed E-state index contributed by atoms with van der Waals surface area (Å²) in [5.41, 5.74) is 0.521. The first-order valence-electron chi connectivity index (χ1n) is 11.2. The second-order valence-corrected chi connectivity index (χ2v) is 8.85. The van der Waals surface area contributed by atoms with E-state index in [9.17, 15) is 23.1 Å². The van der Waals surface area contributed by atoms with Crippen molar-refractivity contribution >= 4 is 35.1 Å². The molecule has 3 N–H and O–H groups in total. The molecular weight excluding hydrogens is 546 g/mol. The molecule has 2 unspecified atom stereocenters. The van der Waals surface area contributed by atoms with Gasteiger partial charge in [-0.1, -0.05) is 47.5 Å². The standard InChI is InChI=1S/C25H19Cl2F3N2O3.CH5NO/c1-2-35-20-13-16(25(28,29)30)7-12-19(20)23-31-21(14-3-8-17(26)9-4-14)22(32(23)24(33)34)15-5-10-18(27)11-6-15;1-3-2/h3-13,21-22H,2H2,1H3,(H,33,34);2H2,1H3. The minimum atomic E-state index is -4.59. The van der Waals surface area contributed by atoms with Crippen LogP contribution < -0.4 is 10.6 Å². The Balaban J connectivity index is 0.00000127. The van der Waals surface area contributed by atoms with Crippen molar-refractivity contribution in [2.75, 3.05) is 13.7 Å². The summed E-state index contributed by atoms with van der Waals surface area (Å²) < 4.78 is 45.5. The summed E-state index contributed by atoms with van der Waals surface area (Å²) in [5.74, 6) is 4.22. The van der Waals surface area contributed by atoms with E-state index in [0.717, 1.165) is 17.0 Å². The van der Waals surface area contributed by atoms with E-state index < -0.39 is 29.9 Å². The molecule has 0 aliphatic carbocycles. The molecule has 7 nitrogen and oxygen atoms in total. The van der Waals surface area contributed by atoms with E-state index in [4.69, 9.17) is 32.9 Å². The van der Waals surface area contributed by atoms with Crippen molar-refractivity contribution in [2.45, 2.75) is 25.2 Å². The normalized spacial score (nSPS) is 16.9. The number of alkyl halides is 3. The lowest BCUT2D eigenvalue weighted by molar-refractivity contribution is -0.137. The zero-order chi connectivity index (χ0) is 28.0. The number of halogens is 5. The van der Waals surface area contributed by atoms with Crippen molar-refractivity contribution in [3.05, 3.63) is 99.0 Å². The number of hydrogen-bond donors (Lipinski definition) is 2. The largest absolute Gasteiger partial charge is 0.493 e. The molecular formula is C26H24Cl2F3N3O4. The molecule has 38 heavy (non-hydrogen) atoms. The van der Waals surface area contributed by atoms with Crippen LogP contribution in [0.25, 0.3) is 0 Å². The van der Waals surface area contributed by atoms with Crippen LogP contribution >= 0.6 is 23.2 Å². The van der Waals surface area contributed by atoms with Gasteiger partial charge in [0, 0.05) is 10.0 Å². The number of carboxylic acid groups (broad SMARTS) is 1. The van der Waals surface area contributed by atoms with E-state index in [0.29, 0.717) is 21.2 Å². The second-order valence-electron chi connectivity index (χ2n) is 7.98. The molecule has 0 saturated carbocycles. The lowest BCUT2D eigenvalue weighted by atomic mass is 9.94. The van der Waals surface area contributed by atoms with Gasteiger partial charge in [0.2, 0.25) is 0 Å². The van der Waals surface area contributed by atoms with E-state index in [2.05, 4.69) is 10.7 Å². The maximum atomic E-state index is 13.3. The molecule has 0 aromatic heterocycles. The Morgan fingerprint density at radius 2 is 1.55 bits per heavy atom. The molecule has 3 aromatic rings. The molecule has 1 amide bonds. The lowest BCUT2D eigenvalue weighted by Gasteiger charge is -2.27. The number of nitrogens with two attached hydrogens (primary N) is 1. The highest BCUT2D eigenvalue weighted by molar-refractivity contribution is 6.30. The lowest BCUT2D eigenvalue weighted by Crippen LogP contribution is -2.37. The molecule has 1 heterocycles. The third kappa shape index (κ3) is 6.57. The summed E-state index contributed by atoms with van der Waals surface area (Å²) in [6.07, 6.45) is -5.91. The van der Waals surface area contributed by atoms with E-state index >= 15 is 0 Å². The minimum absolute atomic E-state index is 0.0189. The van der Waals surface area contributed by atoms with Crippen molar-refractivity contribution in [1.82, 2.24) is 4.90 Å². The van der Waals surface area contributed by atoms with Gasteiger partial charge < -0.3 is 14.7 Å². The van der Waals surface area contributed by atoms with Gasteiger partial charge in [0.25, 0.3) is 0 Å². The molecule has 0 spiro atoms. The Morgan fingerprint density at radius 3 is 2.03 bits per heavy atom. The fourth-order valence-electron chi connectivity index (χ4n) is 4.01. The summed E-state index contributed by atoms with van der Waals surface area (Å²) in [7, 11) is 1.40. The molecule has 0 bridgehead atoms. The predicted octanol–water partition coefficient (Wildman–Crippen LogP) is 7.14. The topological polar surface area (TPSA) is 97.4 Å². The predicted molar refractivity (Wildman–Crippen MR) is 139 cm³/mol. The van der Waals surface area contributed by atoms with Gasteiger partial charge >= 0.3 is 12.3 Å². The summed E-state index contributed by atoms with van der Waals surface area (Å²) in [6.45, 7) is 1.71. The van der Waals surface area contributed by atoms with Crippen molar-refractivity contribution in [2.24, 2.45) is 10.9 Å². The summed E-state index contributed by atoms with van der Waals surface area (Å²) in [5, 5.41) is 11.2. The van der Waals surface area contributed by atoms with Crippen LogP contribution in [0.3, 0.4) is 0 Å². The van der Waals surface area contributed by atoms with Gasteiger partial charge in [0.15, 0.2) is 0 Å². The summed E-state index contributed by atoms with van der Waals surface area (Å²) in [6, 6.07) is 14.9. The van der Waals surface area contributed by atoms with Crippen LogP contribution in [0.15, 0.2) is 71.7 Å². The fourth-order valence-corrected chi connectivity index (χ4v) is 4.26. The van der Waals surface area contributed by atoms with Crippen LogP contribution in [0.5, 0.6) is 5.75 Å². The Kier molecular flexibility index (Phi) is 9.61. The number of benzene rings is 3. The third-order valence-corrected chi connectivity index (χ3v) is 6.05. The SMILES string of the molecule is CCOc1cc(C(F)(F)F)ccc1C1=NC(c2ccc(Cl)cc2)C(c2ccc(Cl)cc2)N1C(=O)O.CON. The summed E-state index contributed by atoms with van der Waals surface area (Å²) >= 11 is 12.1. The first-order valence-corrected chi connectivity index (χ1v) is 12.0. The van der Waals surface area contributed by atoms with Gasteiger partial charge in [-0.05, 0) is 60.5 Å². The van der Waals surface area contributed by atoms with Crippen LogP contribution in [0.4, 0.5) is 18.0 Å². The number of aliphatic imine (C=N–C) groups is 1. The molecule has 0 fully saturated rings. The highest BCUT2D eigenvalue weighted by Crippen LogP contribution is 2.45. The molecule has 0 radical (unpaired) electrons. The van der Waals surface area contributed by atoms with Crippen LogP contribution in [-0.2, 0) is 11.0 Å². The highest BCUT2D eigenvalue weighted by atomic mass is 35.5. The Labute approximate surface area is 227 Å². The van der Waals surface area contributed by atoms with Crippen molar-refractivity contribution in [3.8, 4) is 5.75 Å². The Bertz CT molecular complexity index is 1290. The maximum Gasteiger partial charge on any atom is 0.416 e. The highest BCUT2D eigenvalue weighted by Gasteiger charge is 2.43. The van der Waals surface area contributed by atoms with Crippen LogP contribution in [0.1, 0.15) is 41.3 Å². The second kappa shape index (κ2) is 12.5. The van der Waals surface area contributed by atoms with Crippen molar-refractivity contribution < 1.29 is 32.6 Å². The van der Waals surface area contributed by atoms with Crippen LogP contribution in [0, 0.1) is 0 Å². The first kappa shape index (κ1) is 29.2. The van der Waals surface area contributed by atoms with Crippen LogP contribution in [-0.4, -0.2) is 35.7 Å². The van der Waals surface area contributed by atoms with E-state index in [1.807, 2.05) is 0 Å². The van der Waals surface area contributed by atoms with Crippen molar-refractivity contribution in [3.63, 3.8) is 0 Å². The molecule has 12 heteroatoms. The molecule has 4 rings (SSSR count). The third-order valence-electron chi connectivity index (χ3n) is 5.55. The zero-order valence-electron chi connectivity index (χ0n) is 20.2. The Hall–Kier alpha value is -3.31. The van der Waals surface area contributed by atoms with Gasteiger partial charge in [0.05, 0.1) is 30.9 Å². The van der Waals surface area contributed by atoms with Gasteiger partial charge in [-0.25, -0.2) is 10.7 Å². The number of ether oxygens (including phenoxy) is 1. The van der Waals surface area contributed by atoms with E-state index in [1.54, 1.807) is 55.5 Å². The number of carbonyl (C=O) groups is 1. The fraction of sp³-hybridized carbons (Fsp3) is 0.231.